The molecular formula is C18H21ClN2O2. The largest absolute Gasteiger partial charge is 0.492 e. The van der Waals surface area contributed by atoms with E-state index < -0.39 is 0 Å². The predicted octanol–water partition coefficient (Wildman–Crippen LogP) is 3.98. The summed E-state index contributed by atoms with van der Waals surface area (Å²) >= 11 is 5.88. The van der Waals surface area contributed by atoms with Crippen LogP contribution >= 0.6 is 11.6 Å². The second-order valence-electron chi connectivity index (χ2n) is 5.62. The van der Waals surface area contributed by atoms with Gasteiger partial charge in [0.05, 0.1) is 18.8 Å². The Morgan fingerprint density at radius 1 is 1.26 bits per heavy atom. The van der Waals surface area contributed by atoms with Crippen molar-refractivity contribution in [2.24, 2.45) is 0 Å². The number of nitrogens with zero attached hydrogens (tertiary/aromatic N) is 1. The highest BCUT2D eigenvalue weighted by Gasteiger charge is 2.24. The highest BCUT2D eigenvalue weighted by atomic mass is 35.5. The minimum absolute atomic E-state index is 0.180. The number of nitrogen functional groups attached to an aromatic ring is 1. The molecule has 2 aromatic rings. The van der Waals surface area contributed by atoms with Gasteiger partial charge in [-0.3, -0.25) is 0 Å². The van der Waals surface area contributed by atoms with Gasteiger partial charge in [0, 0.05) is 16.8 Å². The van der Waals surface area contributed by atoms with Gasteiger partial charge >= 0.3 is 0 Å². The first-order chi connectivity index (χ1) is 11.2. The van der Waals surface area contributed by atoms with Gasteiger partial charge in [-0.2, -0.15) is 0 Å². The van der Waals surface area contributed by atoms with Gasteiger partial charge in [-0.1, -0.05) is 18.5 Å². The number of rotatable bonds is 5. The third kappa shape index (κ3) is 3.82. The molecule has 4 nitrogen and oxygen atoms in total. The molecule has 0 radical (unpaired) electrons. The van der Waals surface area contributed by atoms with E-state index >= 15 is 0 Å². The highest BCUT2D eigenvalue weighted by Crippen LogP contribution is 2.35. The summed E-state index contributed by atoms with van der Waals surface area (Å²) in [5.74, 6) is 1.68. The summed E-state index contributed by atoms with van der Waals surface area (Å²) in [7, 11) is 0. The van der Waals surface area contributed by atoms with Crippen LogP contribution in [0.25, 0.3) is 0 Å². The molecule has 2 N–H and O–H groups in total. The van der Waals surface area contributed by atoms with E-state index in [0.717, 1.165) is 42.4 Å². The molecule has 0 bridgehead atoms. The molecule has 3 rings (SSSR count). The Balaban J connectivity index is 1.66. The van der Waals surface area contributed by atoms with Crippen LogP contribution in [0.1, 0.15) is 13.3 Å². The van der Waals surface area contributed by atoms with Crippen molar-refractivity contribution in [3.63, 3.8) is 0 Å². The van der Waals surface area contributed by atoms with E-state index in [1.807, 2.05) is 42.5 Å². The molecule has 0 fully saturated rings. The first kappa shape index (κ1) is 15.8. The topological polar surface area (TPSA) is 47.7 Å². The van der Waals surface area contributed by atoms with Gasteiger partial charge < -0.3 is 20.1 Å². The number of hydrogen-bond acceptors (Lipinski definition) is 4. The minimum atomic E-state index is 0.180. The van der Waals surface area contributed by atoms with E-state index in [0.29, 0.717) is 11.6 Å². The second kappa shape index (κ2) is 7.01. The van der Waals surface area contributed by atoms with Crippen LogP contribution in [0.5, 0.6) is 11.5 Å². The molecule has 5 heteroatoms. The average Bonchev–Trinajstić information content (AvgIpc) is 2.56. The van der Waals surface area contributed by atoms with Gasteiger partial charge in [0.2, 0.25) is 0 Å². The quantitative estimate of drug-likeness (QED) is 0.841. The van der Waals surface area contributed by atoms with E-state index in [9.17, 15) is 0 Å². The molecule has 0 saturated carbocycles. The molecule has 1 atom stereocenters. The van der Waals surface area contributed by atoms with Crippen molar-refractivity contribution in [2.75, 3.05) is 30.3 Å². The number of hydrogen-bond donors (Lipinski definition) is 1. The lowest BCUT2D eigenvalue weighted by atomic mass is 10.1. The lowest BCUT2D eigenvalue weighted by Crippen LogP contribution is -2.41. The molecular weight excluding hydrogens is 312 g/mol. The molecule has 1 aliphatic rings. The van der Waals surface area contributed by atoms with Gasteiger partial charge in [0.15, 0.2) is 0 Å². The molecule has 122 valence electrons. The Morgan fingerprint density at radius 2 is 2.04 bits per heavy atom. The van der Waals surface area contributed by atoms with Crippen molar-refractivity contribution < 1.29 is 9.47 Å². The smallest absolute Gasteiger partial charge is 0.145 e. The number of halogens is 1. The molecule has 0 aliphatic carbocycles. The fourth-order valence-corrected chi connectivity index (χ4v) is 2.80. The Kier molecular flexibility index (Phi) is 4.82. The predicted molar refractivity (Wildman–Crippen MR) is 94.7 cm³/mol. The van der Waals surface area contributed by atoms with E-state index in [4.69, 9.17) is 26.8 Å². The Hall–Kier alpha value is -2.07. The van der Waals surface area contributed by atoms with Crippen LogP contribution in [0.3, 0.4) is 0 Å². The lowest BCUT2D eigenvalue weighted by molar-refractivity contribution is 0.186. The molecule has 0 amide bonds. The second-order valence-corrected chi connectivity index (χ2v) is 6.06. The molecule has 0 saturated heterocycles. The fourth-order valence-electron chi connectivity index (χ4n) is 2.68. The monoisotopic (exact) mass is 332 g/mol. The van der Waals surface area contributed by atoms with Crippen LogP contribution in [0.2, 0.25) is 5.02 Å². The maximum atomic E-state index is 5.99. The van der Waals surface area contributed by atoms with Crippen LogP contribution in [-0.2, 0) is 0 Å². The van der Waals surface area contributed by atoms with Gasteiger partial charge in [0.25, 0.3) is 0 Å². The number of nitrogens with two attached hydrogens (primary N) is 1. The zero-order valence-corrected chi connectivity index (χ0v) is 13.9. The molecule has 0 spiro atoms. The molecule has 2 aromatic carbocycles. The van der Waals surface area contributed by atoms with Crippen molar-refractivity contribution in [2.45, 2.75) is 19.4 Å². The Bertz CT molecular complexity index is 661. The van der Waals surface area contributed by atoms with Crippen LogP contribution in [0.15, 0.2) is 42.5 Å². The van der Waals surface area contributed by atoms with Gasteiger partial charge in [-0.05, 0) is 42.8 Å². The van der Waals surface area contributed by atoms with Crippen LogP contribution in [0, 0.1) is 0 Å². The summed E-state index contributed by atoms with van der Waals surface area (Å²) in [5, 5.41) is 0.711. The van der Waals surface area contributed by atoms with E-state index in [2.05, 4.69) is 11.8 Å². The fraction of sp³-hybridized carbons (Fsp3) is 0.333. The molecule has 0 aromatic heterocycles. The van der Waals surface area contributed by atoms with Crippen LogP contribution in [-0.4, -0.2) is 25.8 Å². The van der Waals surface area contributed by atoms with Gasteiger partial charge in [-0.25, -0.2) is 0 Å². The summed E-state index contributed by atoms with van der Waals surface area (Å²) < 4.78 is 11.8. The zero-order valence-electron chi connectivity index (χ0n) is 13.2. The standard InChI is InChI=1S/C18H21ClN2O2/c1-2-15-12-21(17-8-5-14(20)11-18(17)23-15)9-10-22-16-6-3-13(19)4-7-16/h3-8,11,15H,2,9-10,12,20H2,1H3. The van der Waals surface area contributed by atoms with Crippen molar-refractivity contribution >= 4 is 23.0 Å². The normalized spacial score (nSPS) is 16.6. The summed E-state index contributed by atoms with van der Waals surface area (Å²) in [6.07, 6.45) is 1.14. The third-order valence-corrected chi connectivity index (χ3v) is 4.19. The SMILES string of the molecule is CCC1CN(CCOc2ccc(Cl)cc2)c2ccc(N)cc2O1. The maximum Gasteiger partial charge on any atom is 0.145 e. The zero-order chi connectivity index (χ0) is 16.2. The van der Waals surface area contributed by atoms with E-state index in [1.165, 1.54) is 0 Å². The molecule has 1 heterocycles. The number of ether oxygens (including phenoxy) is 2. The van der Waals surface area contributed by atoms with Crippen molar-refractivity contribution in [1.29, 1.82) is 0 Å². The number of benzene rings is 2. The van der Waals surface area contributed by atoms with Crippen molar-refractivity contribution in [3.8, 4) is 11.5 Å². The van der Waals surface area contributed by atoms with Crippen molar-refractivity contribution in [1.82, 2.24) is 0 Å². The number of fused-ring (bicyclic) bond motifs is 1. The van der Waals surface area contributed by atoms with Crippen LogP contribution < -0.4 is 20.1 Å². The van der Waals surface area contributed by atoms with E-state index in [-0.39, 0.29) is 6.10 Å². The van der Waals surface area contributed by atoms with Gasteiger partial charge in [0.1, 0.15) is 24.2 Å². The molecule has 1 unspecified atom stereocenters. The summed E-state index contributed by atoms with van der Waals surface area (Å²) in [6.45, 7) is 4.38. The summed E-state index contributed by atoms with van der Waals surface area (Å²) in [5.41, 5.74) is 7.66. The Labute approximate surface area is 141 Å². The highest BCUT2D eigenvalue weighted by molar-refractivity contribution is 6.30. The first-order valence-electron chi connectivity index (χ1n) is 7.85. The Morgan fingerprint density at radius 3 is 2.78 bits per heavy atom. The molecule has 23 heavy (non-hydrogen) atoms. The number of anilines is 2. The first-order valence-corrected chi connectivity index (χ1v) is 8.23. The van der Waals surface area contributed by atoms with Gasteiger partial charge in [-0.15, -0.1) is 0 Å². The average molecular weight is 333 g/mol. The molecule has 1 aliphatic heterocycles. The van der Waals surface area contributed by atoms with Crippen LogP contribution in [0.4, 0.5) is 11.4 Å². The van der Waals surface area contributed by atoms with E-state index in [1.54, 1.807) is 0 Å². The third-order valence-electron chi connectivity index (χ3n) is 3.94. The maximum absolute atomic E-state index is 5.99. The summed E-state index contributed by atoms with van der Waals surface area (Å²) in [6, 6.07) is 13.2. The summed E-state index contributed by atoms with van der Waals surface area (Å²) in [4.78, 5) is 2.29. The lowest BCUT2D eigenvalue weighted by Gasteiger charge is -2.36. The minimum Gasteiger partial charge on any atom is -0.492 e. The van der Waals surface area contributed by atoms with Crippen molar-refractivity contribution in [3.05, 3.63) is 47.5 Å².